The molecule has 1 fully saturated rings. The van der Waals surface area contributed by atoms with Gasteiger partial charge in [0.25, 0.3) is 0 Å². The Kier molecular flexibility index (Phi) is 7.00. The number of sulfonamides is 1. The summed E-state index contributed by atoms with van der Waals surface area (Å²) in [5.74, 6) is -0.0522. The molecule has 0 bridgehead atoms. The Hall–Kier alpha value is -2.95. The molecule has 1 aliphatic rings. The molecule has 0 aliphatic carbocycles. The van der Waals surface area contributed by atoms with Crippen LogP contribution in [0.5, 0.6) is 0 Å². The molecule has 0 spiro atoms. The summed E-state index contributed by atoms with van der Waals surface area (Å²) in [6.07, 6.45) is 3.91. The fraction of sp³-hybridized carbons (Fsp3) is 0.346. The van der Waals surface area contributed by atoms with E-state index < -0.39 is 10.0 Å². The van der Waals surface area contributed by atoms with Crippen molar-refractivity contribution >= 4 is 49.9 Å². The smallest absolute Gasteiger partial charge is 0.243 e. The second-order valence-electron chi connectivity index (χ2n) is 9.15. The zero-order valence-corrected chi connectivity index (χ0v) is 22.0. The molecule has 4 aromatic rings. The van der Waals surface area contributed by atoms with E-state index in [2.05, 4.69) is 41.5 Å². The van der Waals surface area contributed by atoms with E-state index in [1.165, 1.54) is 11.8 Å². The lowest BCUT2D eigenvalue weighted by molar-refractivity contribution is -0.113. The number of hydrogen-bond donors (Lipinski definition) is 1. The quantitative estimate of drug-likeness (QED) is 0.365. The SMILES string of the molecule is Cc1cc2nnc(SCC(=O)Nc3ccc(S(=O)(=O)N4CCCCCC4)cc3)n2c2c(C)cccc12. The summed E-state index contributed by atoms with van der Waals surface area (Å²) in [7, 11) is -3.52. The third-order valence-corrected chi connectivity index (χ3v) is 9.41. The Labute approximate surface area is 215 Å². The number of fused-ring (bicyclic) bond motifs is 3. The molecule has 0 radical (unpaired) electrons. The van der Waals surface area contributed by atoms with Crippen LogP contribution >= 0.6 is 11.8 Å². The lowest BCUT2D eigenvalue weighted by atomic mass is 10.1. The van der Waals surface area contributed by atoms with E-state index in [0.717, 1.165) is 53.4 Å². The van der Waals surface area contributed by atoms with Crippen LogP contribution in [0.4, 0.5) is 5.69 Å². The van der Waals surface area contributed by atoms with Crippen LogP contribution in [-0.2, 0) is 14.8 Å². The van der Waals surface area contributed by atoms with Crippen molar-refractivity contribution in [3.05, 3.63) is 59.7 Å². The largest absolute Gasteiger partial charge is 0.325 e. The minimum atomic E-state index is -3.52. The summed E-state index contributed by atoms with van der Waals surface area (Å²) in [4.78, 5) is 12.9. The monoisotopic (exact) mass is 523 g/mol. The van der Waals surface area contributed by atoms with Crippen LogP contribution in [0.15, 0.2) is 58.6 Å². The highest BCUT2D eigenvalue weighted by atomic mass is 32.2. The van der Waals surface area contributed by atoms with Crippen LogP contribution in [0, 0.1) is 13.8 Å². The van der Waals surface area contributed by atoms with Crippen molar-refractivity contribution < 1.29 is 13.2 Å². The molecule has 5 rings (SSSR count). The molecular weight excluding hydrogens is 494 g/mol. The number of anilines is 1. The van der Waals surface area contributed by atoms with Gasteiger partial charge in [0.15, 0.2) is 10.8 Å². The van der Waals surface area contributed by atoms with Gasteiger partial charge in [-0.3, -0.25) is 9.20 Å². The van der Waals surface area contributed by atoms with Gasteiger partial charge in [0.1, 0.15) is 0 Å². The summed E-state index contributed by atoms with van der Waals surface area (Å²) in [6.45, 7) is 5.23. The number of pyridine rings is 1. The lowest BCUT2D eigenvalue weighted by Gasteiger charge is -2.20. The van der Waals surface area contributed by atoms with Crippen LogP contribution in [0.2, 0.25) is 0 Å². The number of aromatic nitrogens is 3. The number of hydrogen-bond acceptors (Lipinski definition) is 6. The minimum Gasteiger partial charge on any atom is -0.325 e. The average Bonchev–Trinajstić information content (AvgIpc) is 3.06. The van der Waals surface area contributed by atoms with Crippen LogP contribution in [0.3, 0.4) is 0 Å². The summed E-state index contributed by atoms with van der Waals surface area (Å²) < 4.78 is 29.5. The van der Waals surface area contributed by atoms with Crippen molar-refractivity contribution in [1.29, 1.82) is 0 Å². The molecule has 8 nitrogen and oxygen atoms in total. The zero-order chi connectivity index (χ0) is 25.3. The van der Waals surface area contributed by atoms with E-state index in [1.54, 1.807) is 28.6 Å². The standard InChI is InChI=1S/C26H29N5O3S2/c1-18-8-7-9-22-19(2)16-23-28-29-26(31(23)25(18)22)35-17-24(32)27-20-10-12-21(13-11-20)36(33,34)30-14-5-3-4-6-15-30/h7-13,16H,3-6,14-15,17H2,1-2H3,(H,27,32). The first-order valence-electron chi connectivity index (χ1n) is 12.1. The Morgan fingerprint density at radius 1 is 0.972 bits per heavy atom. The predicted octanol–water partition coefficient (Wildman–Crippen LogP) is 4.79. The molecule has 10 heteroatoms. The number of aryl methyl sites for hydroxylation is 2. The molecule has 1 aliphatic heterocycles. The maximum Gasteiger partial charge on any atom is 0.243 e. The highest BCUT2D eigenvalue weighted by Gasteiger charge is 2.25. The summed E-state index contributed by atoms with van der Waals surface area (Å²) in [5, 5.41) is 13.3. The van der Waals surface area contributed by atoms with Crippen molar-refractivity contribution in [2.45, 2.75) is 49.6 Å². The topological polar surface area (TPSA) is 96.7 Å². The molecule has 0 unspecified atom stereocenters. The minimum absolute atomic E-state index is 0.149. The fourth-order valence-corrected chi connectivity index (χ4v) is 6.95. The van der Waals surface area contributed by atoms with Crippen molar-refractivity contribution in [2.75, 3.05) is 24.2 Å². The molecule has 0 atom stereocenters. The molecule has 0 saturated carbocycles. The number of nitrogens with zero attached hydrogens (tertiary/aromatic N) is 4. The van der Waals surface area contributed by atoms with Crippen molar-refractivity contribution in [3.8, 4) is 0 Å². The number of rotatable bonds is 6. The van der Waals surface area contributed by atoms with Crippen molar-refractivity contribution in [1.82, 2.24) is 18.9 Å². The average molecular weight is 524 g/mol. The normalized spacial score (nSPS) is 15.3. The number of amides is 1. The van der Waals surface area contributed by atoms with E-state index in [4.69, 9.17) is 0 Å². The van der Waals surface area contributed by atoms with Crippen LogP contribution in [0.25, 0.3) is 16.6 Å². The molecular formula is C26H29N5O3S2. The summed E-state index contributed by atoms with van der Waals surface area (Å²) in [6, 6.07) is 14.6. The third-order valence-electron chi connectivity index (χ3n) is 6.56. The highest BCUT2D eigenvalue weighted by molar-refractivity contribution is 7.99. The molecule has 36 heavy (non-hydrogen) atoms. The van der Waals surface area contributed by atoms with Gasteiger partial charge in [-0.05, 0) is 68.1 Å². The molecule has 1 N–H and O–H groups in total. The van der Waals surface area contributed by atoms with Crippen molar-refractivity contribution in [2.24, 2.45) is 0 Å². The van der Waals surface area contributed by atoms with Gasteiger partial charge in [-0.1, -0.05) is 42.8 Å². The van der Waals surface area contributed by atoms with Gasteiger partial charge in [0, 0.05) is 24.2 Å². The van der Waals surface area contributed by atoms with Crippen molar-refractivity contribution in [3.63, 3.8) is 0 Å². The van der Waals surface area contributed by atoms with Gasteiger partial charge in [-0.25, -0.2) is 8.42 Å². The number of carbonyl (C=O) groups is 1. The molecule has 188 valence electrons. The van der Waals surface area contributed by atoms with E-state index in [-0.39, 0.29) is 16.6 Å². The van der Waals surface area contributed by atoms with Gasteiger partial charge in [-0.15, -0.1) is 10.2 Å². The molecule has 1 amide bonds. The maximum absolute atomic E-state index is 13.0. The second kappa shape index (κ2) is 10.2. The number of thioether (sulfide) groups is 1. The first-order chi connectivity index (χ1) is 17.3. The molecule has 2 aromatic carbocycles. The molecule has 2 aromatic heterocycles. The molecule has 3 heterocycles. The van der Waals surface area contributed by atoms with E-state index >= 15 is 0 Å². The summed E-state index contributed by atoms with van der Waals surface area (Å²) in [5.41, 5.74) is 4.59. The first kappa shape index (κ1) is 24.7. The van der Waals surface area contributed by atoms with E-state index in [0.29, 0.717) is 23.9 Å². The number of benzene rings is 2. The molecule has 1 saturated heterocycles. The lowest BCUT2D eigenvalue weighted by Crippen LogP contribution is -2.31. The van der Waals surface area contributed by atoms with Gasteiger partial charge >= 0.3 is 0 Å². The van der Waals surface area contributed by atoms with Gasteiger partial charge in [0.05, 0.1) is 16.2 Å². The Bertz CT molecular complexity index is 1520. The van der Waals surface area contributed by atoms with Crippen LogP contribution in [0.1, 0.15) is 36.8 Å². The third kappa shape index (κ3) is 4.85. The van der Waals surface area contributed by atoms with Gasteiger partial charge in [0.2, 0.25) is 15.9 Å². The Morgan fingerprint density at radius 2 is 1.69 bits per heavy atom. The van der Waals surface area contributed by atoms with Gasteiger partial charge in [-0.2, -0.15) is 4.31 Å². The maximum atomic E-state index is 13.0. The number of carbonyl (C=O) groups excluding carboxylic acids is 1. The van der Waals surface area contributed by atoms with E-state index in [1.807, 2.05) is 16.5 Å². The zero-order valence-electron chi connectivity index (χ0n) is 20.4. The second-order valence-corrected chi connectivity index (χ2v) is 12.0. The number of para-hydroxylation sites is 1. The predicted molar refractivity (Wildman–Crippen MR) is 143 cm³/mol. The summed E-state index contributed by atoms with van der Waals surface area (Å²) >= 11 is 1.32. The van der Waals surface area contributed by atoms with E-state index in [9.17, 15) is 13.2 Å². The number of nitrogens with one attached hydrogen (secondary N) is 1. The van der Waals surface area contributed by atoms with Crippen LogP contribution < -0.4 is 5.32 Å². The van der Waals surface area contributed by atoms with Crippen LogP contribution in [-0.4, -0.2) is 52.1 Å². The Balaban J connectivity index is 1.28. The fourth-order valence-electron chi connectivity index (χ4n) is 4.69. The van der Waals surface area contributed by atoms with Gasteiger partial charge < -0.3 is 5.32 Å². The first-order valence-corrected chi connectivity index (χ1v) is 14.5. The Morgan fingerprint density at radius 3 is 2.42 bits per heavy atom. The highest BCUT2D eigenvalue weighted by Crippen LogP contribution is 2.28.